The van der Waals surface area contributed by atoms with Gasteiger partial charge in [0.2, 0.25) is 0 Å². The lowest BCUT2D eigenvalue weighted by Crippen LogP contribution is -3.11. The standard InChI is InChI=1S/C19H22FN3O2/c1-22(13-18(24)21-17-10-6-9-16(20)11-17)14-19(25)23(2)12-15-7-4-3-5-8-15/h3-11H,12-14H2,1-2H3,(H,21,24)/p+1. The lowest BCUT2D eigenvalue weighted by atomic mass is 10.2. The van der Waals surface area contributed by atoms with Crippen LogP contribution in [0.4, 0.5) is 10.1 Å². The number of likely N-dealkylation sites (N-methyl/N-ethyl adjacent to an activating group) is 2. The first kappa shape index (κ1) is 18.6. The van der Waals surface area contributed by atoms with E-state index >= 15 is 0 Å². The highest BCUT2D eigenvalue weighted by atomic mass is 19.1. The average Bonchev–Trinajstić information content (AvgIpc) is 2.55. The summed E-state index contributed by atoms with van der Waals surface area (Å²) in [5, 5.41) is 2.63. The fourth-order valence-corrected chi connectivity index (χ4v) is 2.45. The molecule has 1 atom stereocenters. The van der Waals surface area contributed by atoms with Crippen molar-refractivity contribution in [2.75, 3.05) is 32.5 Å². The van der Waals surface area contributed by atoms with Crippen LogP contribution in [0.1, 0.15) is 5.56 Å². The van der Waals surface area contributed by atoms with Gasteiger partial charge in [0, 0.05) is 19.3 Å². The maximum absolute atomic E-state index is 13.1. The van der Waals surface area contributed by atoms with Gasteiger partial charge in [0.05, 0.1) is 7.05 Å². The van der Waals surface area contributed by atoms with Gasteiger partial charge < -0.3 is 15.1 Å². The van der Waals surface area contributed by atoms with Gasteiger partial charge >= 0.3 is 0 Å². The molecule has 1 unspecified atom stereocenters. The third-order valence-electron chi connectivity index (χ3n) is 3.71. The molecule has 0 aromatic heterocycles. The summed E-state index contributed by atoms with van der Waals surface area (Å²) >= 11 is 0. The van der Waals surface area contributed by atoms with Crippen LogP contribution >= 0.6 is 0 Å². The lowest BCUT2D eigenvalue weighted by molar-refractivity contribution is -0.862. The summed E-state index contributed by atoms with van der Waals surface area (Å²) in [5.41, 5.74) is 1.46. The van der Waals surface area contributed by atoms with Crippen LogP contribution in [0.2, 0.25) is 0 Å². The van der Waals surface area contributed by atoms with E-state index in [0.717, 1.165) is 10.5 Å². The Balaban J connectivity index is 1.79. The fourth-order valence-electron chi connectivity index (χ4n) is 2.45. The largest absolute Gasteiger partial charge is 0.337 e. The molecule has 0 aliphatic carbocycles. The van der Waals surface area contributed by atoms with Gasteiger partial charge in [-0.05, 0) is 23.8 Å². The molecule has 0 fully saturated rings. The maximum Gasteiger partial charge on any atom is 0.279 e. The number of quaternary nitrogens is 1. The number of anilines is 1. The molecule has 5 nitrogen and oxygen atoms in total. The Hall–Kier alpha value is -2.73. The predicted octanol–water partition coefficient (Wildman–Crippen LogP) is 0.938. The van der Waals surface area contributed by atoms with E-state index in [-0.39, 0.29) is 24.9 Å². The highest BCUT2D eigenvalue weighted by Crippen LogP contribution is 2.08. The molecule has 0 bridgehead atoms. The number of halogens is 1. The minimum absolute atomic E-state index is 0.0418. The summed E-state index contributed by atoms with van der Waals surface area (Å²) in [6.07, 6.45) is 0. The number of rotatable bonds is 7. The molecule has 0 saturated carbocycles. The first-order chi connectivity index (χ1) is 11.9. The maximum atomic E-state index is 13.1. The number of benzene rings is 2. The molecule has 6 heteroatoms. The Bertz CT molecular complexity index is 722. The molecule has 2 aromatic rings. The van der Waals surface area contributed by atoms with Gasteiger partial charge in [-0.1, -0.05) is 36.4 Å². The van der Waals surface area contributed by atoms with Crippen LogP contribution < -0.4 is 10.2 Å². The van der Waals surface area contributed by atoms with E-state index in [1.807, 2.05) is 30.3 Å². The van der Waals surface area contributed by atoms with Crippen LogP contribution in [-0.2, 0) is 16.1 Å². The molecule has 0 heterocycles. The normalized spacial score (nSPS) is 11.6. The smallest absolute Gasteiger partial charge is 0.279 e. The molecule has 0 saturated heterocycles. The van der Waals surface area contributed by atoms with Crippen LogP contribution in [0.5, 0.6) is 0 Å². The number of carbonyl (C=O) groups is 2. The van der Waals surface area contributed by atoms with Crippen molar-refractivity contribution in [3.8, 4) is 0 Å². The summed E-state index contributed by atoms with van der Waals surface area (Å²) < 4.78 is 13.1. The fraction of sp³-hybridized carbons (Fsp3) is 0.263. The molecule has 2 amide bonds. The number of carbonyl (C=O) groups excluding carboxylic acids is 2. The SMILES string of the molecule is CN(Cc1ccccc1)C(=O)C[NH+](C)CC(=O)Nc1cccc(F)c1. The average molecular weight is 344 g/mol. The van der Waals surface area contributed by atoms with Crippen molar-refractivity contribution in [1.29, 1.82) is 0 Å². The summed E-state index contributed by atoms with van der Waals surface area (Å²) in [5.74, 6) is -0.710. The van der Waals surface area contributed by atoms with E-state index in [4.69, 9.17) is 0 Å². The number of amides is 2. The van der Waals surface area contributed by atoms with Crippen LogP contribution in [0.15, 0.2) is 54.6 Å². The first-order valence-electron chi connectivity index (χ1n) is 8.08. The molecule has 0 aliphatic heterocycles. The molecule has 25 heavy (non-hydrogen) atoms. The van der Waals surface area contributed by atoms with Gasteiger partial charge in [-0.25, -0.2) is 4.39 Å². The molecule has 2 aromatic carbocycles. The summed E-state index contributed by atoms with van der Waals surface area (Å²) in [7, 11) is 3.52. The van der Waals surface area contributed by atoms with Gasteiger partial charge in [0.1, 0.15) is 5.82 Å². The highest BCUT2D eigenvalue weighted by Gasteiger charge is 2.17. The second-order valence-corrected chi connectivity index (χ2v) is 6.10. The van der Waals surface area contributed by atoms with E-state index in [2.05, 4.69) is 5.32 Å². The van der Waals surface area contributed by atoms with Crippen molar-refractivity contribution in [2.45, 2.75) is 6.54 Å². The summed E-state index contributed by atoms with van der Waals surface area (Å²) in [4.78, 5) is 26.7. The molecule has 2 N–H and O–H groups in total. The zero-order chi connectivity index (χ0) is 18.2. The van der Waals surface area contributed by atoms with E-state index < -0.39 is 5.82 Å². The molecule has 2 rings (SSSR count). The Labute approximate surface area is 147 Å². The van der Waals surface area contributed by atoms with Crippen LogP contribution in [0.3, 0.4) is 0 Å². The third kappa shape index (κ3) is 6.35. The number of hydrogen-bond donors (Lipinski definition) is 2. The zero-order valence-electron chi connectivity index (χ0n) is 14.5. The zero-order valence-corrected chi connectivity index (χ0v) is 14.5. The van der Waals surface area contributed by atoms with Crippen LogP contribution in [-0.4, -0.2) is 43.9 Å². The van der Waals surface area contributed by atoms with Crippen molar-refractivity contribution in [3.63, 3.8) is 0 Å². The van der Waals surface area contributed by atoms with Gasteiger partial charge in [0.15, 0.2) is 13.1 Å². The second kappa shape index (κ2) is 8.94. The van der Waals surface area contributed by atoms with Crippen molar-refractivity contribution < 1.29 is 18.9 Å². The number of nitrogens with zero attached hydrogens (tertiary/aromatic N) is 1. The monoisotopic (exact) mass is 344 g/mol. The van der Waals surface area contributed by atoms with E-state index in [1.165, 1.54) is 18.2 Å². The van der Waals surface area contributed by atoms with Crippen LogP contribution in [0.25, 0.3) is 0 Å². The Morgan fingerprint density at radius 1 is 1.08 bits per heavy atom. The minimum Gasteiger partial charge on any atom is -0.337 e. The number of nitrogens with one attached hydrogen (secondary N) is 2. The molecular weight excluding hydrogens is 321 g/mol. The van der Waals surface area contributed by atoms with Crippen molar-refractivity contribution in [3.05, 3.63) is 66.0 Å². The van der Waals surface area contributed by atoms with Crippen molar-refractivity contribution >= 4 is 17.5 Å². The minimum atomic E-state index is -0.406. The molecule has 0 radical (unpaired) electrons. The van der Waals surface area contributed by atoms with E-state index in [9.17, 15) is 14.0 Å². The highest BCUT2D eigenvalue weighted by molar-refractivity contribution is 5.91. The molecular formula is C19H23FN3O2+. The molecule has 132 valence electrons. The second-order valence-electron chi connectivity index (χ2n) is 6.10. The van der Waals surface area contributed by atoms with Crippen LogP contribution in [0, 0.1) is 5.82 Å². The van der Waals surface area contributed by atoms with E-state index in [0.29, 0.717) is 12.2 Å². The number of hydrogen-bond acceptors (Lipinski definition) is 2. The Morgan fingerprint density at radius 3 is 2.48 bits per heavy atom. The molecule has 0 spiro atoms. The first-order valence-corrected chi connectivity index (χ1v) is 8.08. The van der Waals surface area contributed by atoms with Crippen molar-refractivity contribution in [1.82, 2.24) is 4.90 Å². The van der Waals surface area contributed by atoms with Gasteiger partial charge in [-0.15, -0.1) is 0 Å². The summed E-state index contributed by atoms with van der Waals surface area (Å²) in [6, 6.07) is 15.4. The van der Waals surface area contributed by atoms with Gasteiger partial charge in [-0.2, -0.15) is 0 Å². The Kier molecular flexibility index (Phi) is 6.65. The Morgan fingerprint density at radius 2 is 1.80 bits per heavy atom. The predicted molar refractivity (Wildman–Crippen MR) is 94.6 cm³/mol. The topological polar surface area (TPSA) is 53.9 Å². The van der Waals surface area contributed by atoms with Gasteiger partial charge in [0.25, 0.3) is 11.8 Å². The van der Waals surface area contributed by atoms with E-state index in [1.54, 1.807) is 25.1 Å². The molecule has 0 aliphatic rings. The quantitative estimate of drug-likeness (QED) is 0.785. The van der Waals surface area contributed by atoms with Gasteiger partial charge in [-0.3, -0.25) is 9.59 Å². The van der Waals surface area contributed by atoms with Crippen molar-refractivity contribution in [2.24, 2.45) is 0 Å². The summed E-state index contributed by atoms with van der Waals surface area (Å²) in [6.45, 7) is 0.865. The lowest BCUT2D eigenvalue weighted by Gasteiger charge is -2.20. The third-order valence-corrected chi connectivity index (χ3v) is 3.71.